The number of benzene rings is 1. The fourth-order valence-electron chi connectivity index (χ4n) is 1.93. The monoisotopic (exact) mass is 223 g/mol. The lowest BCUT2D eigenvalue weighted by atomic mass is 9.91. The van der Waals surface area contributed by atoms with E-state index >= 15 is 0 Å². The van der Waals surface area contributed by atoms with Gasteiger partial charge in [0.25, 0.3) is 5.69 Å². The van der Waals surface area contributed by atoms with Crippen LogP contribution in [0.5, 0.6) is 0 Å². The van der Waals surface area contributed by atoms with Crippen molar-refractivity contribution < 1.29 is 14.1 Å². The number of Topliss-reactive ketones (excluding diaryl/α,β-unsaturated/α-hetero) is 1. The van der Waals surface area contributed by atoms with Gasteiger partial charge in [0.15, 0.2) is 0 Å². The first-order chi connectivity index (χ1) is 7.47. The molecule has 0 bridgehead atoms. The van der Waals surface area contributed by atoms with Crippen LogP contribution in [0.1, 0.15) is 25.3 Å². The van der Waals surface area contributed by atoms with E-state index in [4.69, 9.17) is 0 Å². The third-order valence-electron chi connectivity index (χ3n) is 3.10. The van der Waals surface area contributed by atoms with Crippen molar-refractivity contribution in [2.45, 2.75) is 25.2 Å². The van der Waals surface area contributed by atoms with E-state index in [2.05, 4.69) is 0 Å². The van der Waals surface area contributed by atoms with E-state index in [1.807, 2.05) is 0 Å². The molecule has 0 saturated heterocycles. The van der Waals surface area contributed by atoms with Gasteiger partial charge >= 0.3 is 0 Å². The molecule has 1 aromatic rings. The Balaban J connectivity index is 2.52. The smallest absolute Gasteiger partial charge is 0.269 e. The van der Waals surface area contributed by atoms with Gasteiger partial charge in [-0.2, -0.15) is 0 Å². The molecule has 1 aliphatic carbocycles. The van der Waals surface area contributed by atoms with Crippen LogP contribution in [0, 0.1) is 15.9 Å². The SMILES string of the molecule is CC(=O)C1(c2cc([N+](=O)[O-])ccc2F)CC1. The lowest BCUT2D eigenvalue weighted by Gasteiger charge is -2.12. The first-order valence-electron chi connectivity index (χ1n) is 4.93. The van der Waals surface area contributed by atoms with Gasteiger partial charge in [0.2, 0.25) is 0 Å². The van der Waals surface area contributed by atoms with Gasteiger partial charge < -0.3 is 0 Å². The van der Waals surface area contributed by atoms with Gasteiger partial charge in [-0.1, -0.05) is 0 Å². The van der Waals surface area contributed by atoms with Crippen LogP contribution in [0.25, 0.3) is 0 Å². The molecule has 5 heteroatoms. The van der Waals surface area contributed by atoms with Crippen LogP contribution in [-0.2, 0) is 10.2 Å². The molecular formula is C11H10FNO3. The Labute approximate surface area is 91.2 Å². The van der Waals surface area contributed by atoms with Crippen LogP contribution >= 0.6 is 0 Å². The first kappa shape index (κ1) is 10.7. The summed E-state index contributed by atoms with van der Waals surface area (Å²) in [5, 5.41) is 10.6. The highest BCUT2D eigenvalue weighted by molar-refractivity contribution is 5.91. The van der Waals surface area contributed by atoms with E-state index < -0.39 is 16.2 Å². The number of nitrogens with zero attached hydrogens (tertiary/aromatic N) is 1. The lowest BCUT2D eigenvalue weighted by Crippen LogP contribution is -2.18. The molecule has 1 fully saturated rings. The van der Waals surface area contributed by atoms with E-state index in [-0.39, 0.29) is 17.0 Å². The normalized spacial score (nSPS) is 16.9. The molecule has 1 aromatic carbocycles. The zero-order chi connectivity index (χ0) is 11.9. The largest absolute Gasteiger partial charge is 0.299 e. The molecule has 0 unspecified atom stereocenters. The van der Waals surface area contributed by atoms with Gasteiger partial charge in [0.05, 0.1) is 10.3 Å². The minimum Gasteiger partial charge on any atom is -0.299 e. The van der Waals surface area contributed by atoms with E-state index in [1.54, 1.807) is 0 Å². The molecule has 0 spiro atoms. The summed E-state index contributed by atoms with van der Waals surface area (Å²) in [6.45, 7) is 1.39. The number of carbonyl (C=O) groups excluding carboxylic acids is 1. The lowest BCUT2D eigenvalue weighted by molar-refractivity contribution is -0.385. The maximum Gasteiger partial charge on any atom is 0.269 e. The molecule has 1 aliphatic rings. The maximum absolute atomic E-state index is 13.6. The van der Waals surface area contributed by atoms with Crippen molar-refractivity contribution in [2.75, 3.05) is 0 Å². The Hall–Kier alpha value is -1.78. The van der Waals surface area contributed by atoms with Crippen molar-refractivity contribution in [3.8, 4) is 0 Å². The number of hydrogen-bond donors (Lipinski definition) is 0. The topological polar surface area (TPSA) is 60.2 Å². The van der Waals surface area contributed by atoms with Crippen LogP contribution in [0.3, 0.4) is 0 Å². The Morgan fingerprint density at radius 1 is 1.50 bits per heavy atom. The molecular weight excluding hydrogens is 213 g/mol. The van der Waals surface area contributed by atoms with Crippen molar-refractivity contribution in [3.05, 3.63) is 39.7 Å². The number of rotatable bonds is 3. The minimum atomic E-state index is -0.809. The highest BCUT2D eigenvalue weighted by Gasteiger charge is 2.50. The van der Waals surface area contributed by atoms with Gasteiger partial charge in [-0.25, -0.2) is 4.39 Å². The van der Waals surface area contributed by atoms with Crippen LogP contribution in [-0.4, -0.2) is 10.7 Å². The van der Waals surface area contributed by atoms with Gasteiger partial charge in [-0.05, 0) is 25.8 Å². The number of ketones is 1. The third kappa shape index (κ3) is 1.48. The van der Waals surface area contributed by atoms with Crippen molar-refractivity contribution in [1.29, 1.82) is 0 Å². The van der Waals surface area contributed by atoms with Gasteiger partial charge in [0, 0.05) is 17.7 Å². The standard InChI is InChI=1S/C11H10FNO3/c1-7(14)11(4-5-11)9-6-8(13(15)16)2-3-10(9)12/h2-3,6H,4-5H2,1H3. The summed E-state index contributed by atoms with van der Waals surface area (Å²) in [6.07, 6.45) is 1.14. The van der Waals surface area contributed by atoms with Crippen molar-refractivity contribution in [2.24, 2.45) is 0 Å². The summed E-state index contributed by atoms with van der Waals surface area (Å²) in [6, 6.07) is 3.33. The molecule has 0 aliphatic heterocycles. The summed E-state index contributed by atoms with van der Waals surface area (Å²) in [5.41, 5.74) is -0.825. The number of nitro benzene ring substituents is 1. The average Bonchev–Trinajstić information content (AvgIpc) is 2.98. The number of nitro groups is 1. The molecule has 84 valence electrons. The molecule has 1 saturated carbocycles. The number of carbonyl (C=O) groups is 1. The Kier molecular flexibility index (Phi) is 2.26. The average molecular weight is 223 g/mol. The number of hydrogen-bond acceptors (Lipinski definition) is 3. The second kappa shape index (κ2) is 3.37. The van der Waals surface area contributed by atoms with Crippen molar-refractivity contribution >= 4 is 11.5 Å². The van der Waals surface area contributed by atoms with Gasteiger partial charge in [-0.15, -0.1) is 0 Å². The summed E-state index contributed by atoms with van der Waals surface area (Å²) in [7, 11) is 0. The van der Waals surface area contributed by atoms with Gasteiger partial charge in [0.1, 0.15) is 11.6 Å². The summed E-state index contributed by atoms with van der Waals surface area (Å²) in [4.78, 5) is 21.4. The van der Waals surface area contributed by atoms with Crippen LogP contribution in [0.15, 0.2) is 18.2 Å². The van der Waals surface area contributed by atoms with E-state index in [0.29, 0.717) is 12.8 Å². The zero-order valence-electron chi connectivity index (χ0n) is 8.70. The number of halogens is 1. The second-order valence-electron chi connectivity index (χ2n) is 4.06. The molecule has 0 amide bonds. The molecule has 0 aromatic heterocycles. The fourth-order valence-corrected chi connectivity index (χ4v) is 1.93. The van der Waals surface area contributed by atoms with Crippen LogP contribution in [0.2, 0.25) is 0 Å². The number of non-ortho nitro benzene ring substituents is 1. The molecule has 16 heavy (non-hydrogen) atoms. The molecule has 0 N–H and O–H groups in total. The predicted molar refractivity (Wildman–Crippen MR) is 54.6 cm³/mol. The van der Waals surface area contributed by atoms with E-state index in [1.165, 1.54) is 13.0 Å². The molecule has 0 heterocycles. The summed E-state index contributed by atoms with van der Waals surface area (Å²) >= 11 is 0. The van der Waals surface area contributed by atoms with E-state index in [9.17, 15) is 19.3 Å². The summed E-state index contributed by atoms with van der Waals surface area (Å²) in [5.74, 6) is -0.676. The maximum atomic E-state index is 13.6. The second-order valence-corrected chi connectivity index (χ2v) is 4.06. The first-order valence-corrected chi connectivity index (χ1v) is 4.93. The quantitative estimate of drug-likeness (QED) is 0.583. The third-order valence-corrected chi connectivity index (χ3v) is 3.10. The molecule has 4 nitrogen and oxygen atoms in total. The minimum absolute atomic E-state index is 0.133. The van der Waals surface area contributed by atoms with E-state index in [0.717, 1.165) is 12.1 Å². The highest BCUT2D eigenvalue weighted by Crippen LogP contribution is 2.50. The zero-order valence-corrected chi connectivity index (χ0v) is 8.70. The molecule has 2 rings (SSSR count). The Bertz CT molecular complexity index is 480. The molecule has 0 radical (unpaired) electrons. The van der Waals surface area contributed by atoms with Crippen molar-refractivity contribution in [3.63, 3.8) is 0 Å². The van der Waals surface area contributed by atoms with Gasteiger partial charge in [-0.3, -0.25) is 14.9 Å². The highest BCUT2D eigenvalue weighted by atomic mass is 19.1. The van der Waals surface area contributed by atoms with Crippen LogP contribution in [0.4, 0.5) is 10.1 Å². The van der Waals surface area contributed by atoms with Crippen molar-refractivity contribution in [1.82, 2.24) is 0 Å². The Morgan fingerprint density at radius 2 is 2.12 bits per heavy atom. The fraction of sp³-hybridized carbons (Fsp3) is 0.364. The molecule has 0 atom stereocenters. The van der Waals surface area contributed by atoms with Crippen LogP contribution < -0.4 is 0 Å². The summed E-state index contributed by atoms with van der Waals surface area (Å²) < 4.78 is 13.6. The Morgan fingerprint density at radius 3 is 2.56 bits per heavy atom. The predicted octanol–water partition coefficient (Wildman–Crippen LogP) is 2.35.